The smallest absolute Gasteiger partial charge is 0.265 e. The number of nitrogens with zero attached hydrogens (tertiary/aromatic N) is 1. The van der Waals surface area contributed by atoms with Gasteiger partial charge in [-0.05, 0) is 49.2 Å². The summed E-state index contributed by atoms with van der Waals surface area (Å²) < 4.78 is 0. The van der Waals surface area contributed by atoms with E-state index in [1.54, 1.807) is 12.1 Å². The van der Waals surface area contributed by atoms with Gasteiger partial charge in [0.05, 0.1) is 10.9 Å². The van der Waals surface area contributed by atoms with Crippen LogP contribution in [0.2, 0.25) is 0 Å². The third-order valence-corrected chi connectivity index (χ3v) is 5.52. The summed E-state index contributed by atoms with van der Waals surface area (Å²) in [6, 6.07) is 10.2. The molecular formula is C19H22N2O3S. The minimum Gasteiger partial charge on any atom is -0.508 e. The highest BCUT2D eigenvalue weighted by Gasteiger charge is 2.32. The first kappa shape index (κ1) is 17.5. The Balaban J connectivity index is 1.72. The topological polar surface area (TPSA) is 69.6 Å². The van der Waals surface area contributed by atoms with E-state index in [0.717, 1.165) is 24.3 Å². The van der Waals surface area contributed by atoms with Crippen LogP contribution in [0.4, 0.5) is 5.69 Å². The van der Waals surface area contributed by atoms with Crippen molar-refractivity contribution in [1.82, 2.24) is 4.90 Å². The van der Waals surface area contributed by atoms with E-state index in [4.69, 9.17) is 0 Å². The number of carbonyl (C=O) groups excluding carboxylic acids is 2. The standard InChI is InChI=1S/C19H22N2O3S/c1-12(2)19(24)21-11-3-4-15(21)16-9-10-17(25-16)18(23)20-13-5-7-14(22)8-6-13/h5-10,12,15,22H,3-4,11H2,1-2H3,(H,20,23). The first-order valence-electron chi connectivity index (χ1n) is 8.46. The average Bonchev–Trinajstić information content (AvgIpc) is 3.24. The number of phenols is 1. The fraction of sp³-hybridized carbons (Fsp3) is 0.368. The van der Waals surface area contributed by atoms with Crippen molar-refractivity contribution in [3.05, 3.63) is 46.2 Å². The SMILES string of the molecule is CC(C)C(=O)N1CCCC1c1ccc(C(=O)Nc2ccc(O)cc2)s1. The molecule has 1 saturated heterocycles. The summed E-state index contributed by atoms with van der Waals surface area (Å²) in [5.41, 5.74) is 0.634. The molecule has 1 aliphatic heterocycles. The fourth-order valence-electron chi connectivity index (χ4n) is 3.05. The molecule has 1 fully saturated rings. The molecule has 2 N–H and O–H groups in total. The van der Waals surface area contributed by atoms with Crippen molar-refractivity contribution in [2.75, 3.05) is 11.9 Å². The highest BCUT2D eigenvalue weighted by Crippen LogP contribution is 2.37. The molecule has 0 aliphatic carbocycles. The van der Waals surface area contributed by atoms with E-state index in [9.17, 15) is 14.7 Å². The molecule has 6 heteroatoms. The van der Waals surface area contributed by atoms with Gasteiger partial charge in [-0.3, -0.25) is 9.59 Å². The molecule has 1 atom stereocenters. The number of phenolic OH excluding ortho intramolecular Hbond substituents is 1. The first-order valence-corrected chi connectivity index (χ1v) is 9.28. The zero-order valence-corrected chi connectivity index (χ0v) is 15.2. The molecule has 0 spiro atoms. The molecule has 132 valence electrons. The number of nitrogens with one attached hydrogen (secondary N) is 1. The summed E-state index contributed by atoms with van der Waals surface area (Å²) in [5, 5.41) is 12.1. The van der Waals surface area contributed by atoms with Gasteiger partial charge >= 0.3 is 0 Å². The number of benzene rings is 1. The van der Waals surface area contributed by atoms with Gasteiger partial charge in [-0.2, -0.15) is 0 Å². The van der Waals surface area contributed by atoms with Crippen LogP contribution in [0.5, 0.6) is 5.75 Å². The van der Waals surface area contributed by atoms with Crippen molar-refractivity contribution >= 4 is 28.8 Å². The van der Waals surface area contributed by atoms with Crippen LogP contribution in [0.15, 0.2) is 36.4 Å². The van der Waals surface area contributed by atoms with Gasteiger partial charge in [0.25, 0.3) is 5.91 Å². The maximum absolute atomic E-state index is 12.4. The second-order valence-corrected chi connectivity index (χ2v) is 7.66. The average molecular weight is 358 g/mol. The summed E-state index contributed by atoms with van der Waals surface area (Å²) in [6.07, 6.45) is 1.94. The molecule has 1 aromatic heterocycles. The van der Waals surface area contributed by atoms with Gasteiger partial charge in [-0.1, -0.05) is 13.8 Å². The van der Waals surface area contributed by atoms with Crippen LogP contribution in [0.1, 0.15) is 47.3 Å². The lowest BCUT2D eigenvalue weighted by atomic mass is 10.1. The summed E-state index contributed by atoms with van der Waals surface area (Å²) >= 11 is 1.44. The van der Waals surface area contributed by atoms with Gasteiger partial charge in [0.15, 0.2) is 0 Å². The van der Waals surface area contributed by atoms with Crippen molar-refractivity contribution in [2.45, 2.75) is 32.7 Å². The summed E-state index contributed by atoms with van der Waals surface area (Å²) in [7, 11) is 0. The Morgan fingerprint density at radius 1 is 1.20 bits per heavy atom. The van der Waals surface area contributed by atoms with Crippen LogP contribution in [-0.4, -0.2) is 28.4 Å². The summed E-state index contributed by atoms with van der Waals surface area (Å²) in [6.45, 7) is 4.62. The molecule has 1 aromatic carbocycles. The normalized spacial score (nSPS) is 17.1. The van der Waals surface area contributed by atoms with Gasteiger partial charge in [-0.15, -0.1) is 11.3 Å². The number of likely N-dealkylation sites (tertiary alicyclic amines) is 1. The zero-order chi connectivity index (χ0) is 18.0. The quantitative estimate of drug-likeness (QED) is 0.811. The molecule has 5 nitrogen and oxygen atoms in total. The maximum atomic E-state index is 12.4. The molecule has 2 amide bonds. The monoisotopic (exact) mass is 358 g/mol. The summed E-state index contributed by atoms with van der Waals surface area (Å²) in [5.74, 6) is 0.137. The molecule has 1 aliphatic rings. The highest BCUT2D eigenvalue weighted by molar-refractivity contribution is 7.14. The molecule has 2 aromatic rings. The summed E-state index contributed by atoms with van der Waals surface area (Å²) in [4.78, 5) is 28.4. The highest BCUT2D eigenvalue weighted by atomic mass is 32.1. The lowest BCUT2D eigenvalue weighted by Crippen LogP contribution is -2.33. The number of aromatic hydroxyl groups is 1. The van der Waals surface area contributed by atoms with Crippen LogP contribution in [-0.2, 0) is 4.79 Å². The van der Waals surface area contributed by atoms with Crippen molar-refractivity contribution in [3.8, 4) is 5.75 Å². The van der Waals surface area contributed by atoms with E-state index >= 15 is 0 Å². The lowest BCUT2D eigenvalue weighted by Gasteiger charge is -2.25. The van der Waals surface area contributed by atoms with E-state index < -0.39 is 0 Å². The Kier molecular flexibility index (Phi) is 5.08. The molecule has 2 heterocycles. The third kappa shape index (κ3) is 3.85. The van der Waals surface area contributed by atoms with Crippen LogP contribution < -0.4 is 5.32 Å². The minimum absolute atomic E-state index is 0.0159. The number of hydrogen-bond acceptors (Lipinski definition) is 4. The van der Waals surface area contributed by atoms with Gasteiger partial charge in [0.2, 0.25) is 5.91 Å². The largest absolute Gasteiger partial charge is 0.508 e. The van der Waals surface area contributed by atoms with Crippen molar-refractivity contribution in [1.29, 1.82) is 0 Å². The molecule has 3 rings (SSSR count). The predicted octanol–water partition coefficient (Wildman–Crippen LogP) is 4.03. The molecular weight excluding hydrogens is 336 g/mol. The number of rotatable bonds is 4. The molecule has 25 heavy (non-hydrogen) atoms. The van der Waals surface area contributed by atoms with Gasteiger partial charge in [0.1, 0.15) is 5.75 Å². The molecule has 0 saturated carbocycles. The molecule has 0 radical (unpaired) electrons. The Morgan fingerprint density at radius 3 is 2.60 bits per heavy atom. The van der Waals surface area contributed by atoms with E-state index in [1.807, 2.05) is 30.9 Å². The predicted molar refractivity (Wildman–Crippen MR) is 98.9 cm³/mol. The number of hydrogen-bond donors (Lipinski definition) is 2. The Morgan fingerprint density at radius 2 is 1.92 bits per heavy atom. The minimum atomic E-state index is -0.179. The van der Waals surface area contributed by atoms with E-state index in [1.165, 1.54) is 23.5 Å². The van der Waals surface area contributed by atoms with Gasteiger partial charge < -0.3 is 15.3 Å². The van der Waals surface area contributed by atoms with Crippen molar-refractivity contribution in [3.63, 3.8) is 0 Å². The van der Waals surface area contributed by atoms with E-state index in [0.29, 0.717) is 10.6 Å². The number of amides is 2. The van der Waals surface area contributed by atoms with Crippen molar-refractivity contribution in [2.24, 2.45) is 5.92 Å². The third-order valence-electron chi connectivity index (χ3n) is 4.33. The number of thiophene rings is 1. The number of carbonyl (C=O) groups is 2. The van der Waals surface area contributed by atoms with Crippen LogP contribution in [0.3, 0.4) is 0 Å². The lowest BCUT2D eigenvalue weighted by molar-refractivity contribution is -0.135. The van der Waals surface area contributed by atoms with E-state index in [-0.39, 0.29) is 29.5 Å². The second-order valence-electron chi connectivity index (χ2n) is 6.55. The molecule has 1 unspecified atom stereocenters. The fourth-order valence-corrected chi connectivity index (χ4v) is 4.10. The Hall–Kier alpha value is -2.34. The van der Waals surface area contributed by atoms with Crippen molar-refractivity contribution < 1.29 is 14.7 Å². The first-order chi connectivity index (χ1) is 12.0. The second kappa shape index (κ2) is 7.27. The zero-order valence-electron chi connectivity index (χ0n) is 14.4. The van der Waals surface area contributed by atoms with E-state index in [2.05, 4.69) is 5.32 Å². The Bertz CT molecular complexity index is 767. The van der Waals surface area contributed by atoms with Crippen LogP contribution in [0.25, 0.3) is 0 Å². The maximum Gasteiger partial charge on any atom is 0.265 e. The van der Waals surface area contributed by atoms with Crippen LogP contribution in [0, 0.1) is 5.92 Å². The molecule has 0 bridgehead atoms. The van der Waals surface area contributed by atoms with Gasteiger partial charge in [0, 0.05) is 23.0 Å². The van der Waals surface area contributed by atoms with Gasteiger partial charge in [-0.25, -0.2) is 0 Å². The van der Waals surface area contributed by atoms with Crippen LogP contribution >= 0.6 is 11.3 Å². The Labute approximate surface area is 151 Å². The number of anilines is 1.